The van der Waals surface area contributed by atoms with Gasteiger partial charge >= 0.3 is 5.97 Å². The first-order valence-electron chi connectivity index (χ1n) is 9.13. The molecule has 3 aromatic rings. The van der Waals surface area contributed by atoms with E-state index in [9.17, 15) is 4.79 Å². The molecule has 1 saturated heterocycles. The zero-order valence-corrected chi connectivity index (χ0v) is 17.1. The van der Waals surface area contributed by atoms with E-state index >= 15 is 0 Å². The molecule has 4 rings (SSSR count). The van der Waals surface area contributed by atoms with Crippen molar-refractivity contribution in [2.24, 2.45) is 0 Å². The first-order chi connectivity index (χ1) is 14.5. The summed E-state index contributed by atoms with van der Waals surface area (Å²) in [6, 6.07) is 26.7. The van der Waals surface area contributed by atoms with E-state index in [1.54, 1.807) is 54.6 Å². The molecule has 0 saturated carbocycles. The van der Waals surface area contributed by atoms with Crippen LogP contribution in [0.5, 0.6) is 11.5 Å². The highest BCUT2D eigenvalue weighted by Crippen LogP contribution is 2.08. The van der Waals surface area contributed by atoms with Gasteiger partial charge in [0.1, 0.15) is 11.5 Å². The van der Waals surface area contributed by atoms with Gasteiger partial charge in [0.2, 0.25) is 0 Å². The summed E-state index contributed by atoms with van der Waals surface area (Å²) in [4.78, 5) is 10.1. The van der Waals surface area contributed by atoms with Gasteiger partial charge in [-0.05, 0) is 35.9 Å². The molecule has 5 nitrogen and oxygen atoms in total. The quantitative estimate of drug-likeness (QED) is 0.303. The number of hydrogen-bond donors (Lipinski definition) is 3. The zero-order valence-electron chi connectivity index (χ0n) is 16.3. The maximum atomic E-state index is 10.1. The first-order valence-corrected chi connectivity index (χ1v) is 9.66. The molecule has 30 heavy (non-hydrogen) atoms. The maximum Gasteiger partial charge on any atom is 0.328 e. The maximum absolute atomic E-state index is 10.1. The standard InChI is InChI=1S/C9H8O2.2C6H6O.C3H5ClO/c10-9(11)7-6-8-4-2-1-3-5-8;2*7-6-4-2-1-3-5-6;4-1-3-2-5-3/h1-7H,(H,10,11);2*1-5,7H;3H,1-2H2. The van der Waals surface area contributed by atoms with Crippen LogP contribution < -0.4 is 0 Å². The van der Waals surface area contributed by atoms with Crippen molar-refractivity contribution >= 4 is 23.6 Å². The number of aromatic hydroxyl groups is 2. The fourth-order valence-corrected chi connectivity index (χ4v) is 1.92. The van der Waals surface area contributed by atoms with Gasteiger partial charge in [-0.2, -0.15) is 0 Å². The van der Waals surface area contributed by atoms with Crippen molar-refractivity contribution in [3.05, 3.63) is 103 Å². The SMILES string of the molecule is ClCC1CO1.O=C(O)C=Cc1ccccc1.Oc1ccccc1.Oc1ccccc1. The first kappa shape index (κ1) is 24.8. The number of carboxylic acid groups (broad SMARTS) is 1. The number of hydrogen-bond acceptors (Lipinski definition) is 4. The van der Waals surface area contributed by atoms with Gasteiger partial charge in [0, 0.05) is 6.08 Å². The minimum atomic E-state index is -0.922. The Kier molecular flexibility index (Phi) is 12.9. The topological polar surface area (TPSA) is 90.3 Å². The van der Waals surface area contributed by atoms with Gasteiger partial charge in [-0.1, -0.05) is 66.7 Å². The number of benzene rings is 3. The van der Waals surface area contributed by atoms with Gasteiger partial charge < -0.3 is 20.1 Å². The Bertz CT molecular complexity index is 798. The van der Waals surface area contributed by atoms with Crippen LogP contribution in [0.4, 0.5) is 0 Å². The van der Waals surface area contributed by atoms with E-state index in [1.807, 2.05) is 42.5 Å². The number of phenols is 2. The molecule has 0 aliphatic carbocycles. The summed E-state index contributed by atoms with van der Waals surface area (Å²) in [5.41, 5.74) is 0.898. The van der Waals surface area contributed by atoms with Crippen molar-refractivity contribution < 1.29 is 24.9 Å². The molecule has 158 valence electrons. The number of carbonyl (C=O) groups is 1. The highest BCUT2D eigenvalue weighted by atomic mass is 35.5. The predicted octanol–water partition coefficient (Wildman–Crippen LogP) is 5.19. The van der Waals surface area contributed by atoms with Crippen LogP contribution in [-0.4, -0.2) is 39.9 Å². The summed E-state index contributed by atoms with van der Waals surface area (Å²) in [7, 11) is 0. The van der Waals surface area contributed by atoms with E-state index in [0.29, 0.717) is 23.5 Å². The smallest absolute Gasteiger partial charge is 0.328 e. The summed E-state index contributed by atoms with van der Waals surface area (Å²) < 4.78 is 4.73. The van der Waals surface area contributed by atoms with Crippen LogP contribution >= 0.6 is 11.6 Å². The van der Waals surface area contributed by atoms with Crippen LogP contribution in [0.25, 0.3) is 6.08 Å². The molecule has 1 fully saturated rings. The number of alkyl halides is 1. The van der Waals surface area contributed by atoms with Gasteiger partial charge in [-0.15, -0.1) is 11.6 Å². The molecule has 0 aromatic heterocycles. The molecule has 6 heteroatoms. The van der Waals surface area contributed by atoms with Crippen LogP contribution in [0.2, 0.25) is 0 Å². The van der Waals surface area contributed by atoms with Gasteiger partial charge in [0.05, 0.1) is 18.6 Å². The van der Waals surface area contributed by atoms with E-state index in [2.05, 4.69) is 0 Å². The van der Waals surface area contributed by atoms with E-state index < -0.39 is 5.97 Å². The summed E-state index contributed by atoms with van der Waals surface area (Å²) in [6.07, 6.45) is 3.08. The molecule has 0 spiro atoms. The van der Waals surface area contributed by atoms with Crippen molar-refractivity contribution in [2.75, 3.05) is 12.5 Å². The van der Waals surface area contributed by atoms with Gasteiger partial charge in [0.15, 0.2) is 0 Å². The molecule has 0 amide bonds. The molecule has 3 N–H and O–H groups in total. The van der Waals surface area contributed by atoms with Crippen molar-refractivity contribution in [1.29, 1.82) is 0 Å². The Morgan fingerprint density at radius 2 is 1.27 bits per heavy atom. The highest BCUT2D eigenvalue weighted by molar-refractivity contribution is 6.18. The summed E-state index contributed by atoms with van der Waals surface area (Å²) in [6.45, 7) is 0.878. The number of aliphatic carboxylic acids is 1. The molecule has 1 atom stereocenters. The van der Waals surface area contributed by atoms with E-state index in [4.69, 9.17) is 31.7 Å². The molecule has 0 bridgehead atoms. The van der Waals surface area contributed by atoms with Gasteiger partial charge in [-0.25, -0.2) is 4.79 Å². The van der Waals surface area contributed by atoms with Crippen LogP contribution in [0, 0.1) is 0 Å². The van der Waals surface area contributed by atoms with Gasteiger partial charge in [0.25, 0.3) is 0 Å². The third-order valence-electron chi connectivity index (χ3n) is 3.30. The minimum Gasteiger partial charge on any atom is -0.508 e. The number of ether oxygens (including phenoxy) is 1. The molecule has 1 heterocycles. The lowest BCUT2D eigenvalue weighted by Crippen LogP contribution is -1.85. The second kappa shape index (κ2) is 15.6. The molecule has 1 unspecified atom stereocenters. The van der Waals surface area contributed by atoms with Crippen LogP contribution in [0.1, 0.15) is 5.56 Å². The second-order valence-electron chi connectivity index (χ2n) is 5.86. The molecule has 1 aliphatic rings. The zero-order chi connectivity index (χ0) is 22.0. The Labute approximate surface area is 181 Å². The number of phenolic OH excluding ortho intramolecular Hbond substituents is 2. The fraction of sp³-hybridized carbons (Fsp3) is 0.125. The minimum absolute atomic E-state index is 0.322. The largest absolute Gasteiger partial charge is 0.508 e. The number of rotatable bonds is 3. The van der Waals surface area contributed by atoms with Gasteiger partial charge in [-0.3, -0.25) is 0 Å². The van der Waals surface area contributed by atoms with E-state index in [-0.39, 0.29) is 0 Å². The van der Waals surface area contributed by atoms with Crippen molar-refractivity contribution in [3.8, 4) is 11.5 Å². The normalized spacial score (nSPS) is 13.4. The monoisotopic (exact) mass is 428 g/mol. The molecule has 0 radical (unpaired) electrons. The highest BCUT2D eigenvalue weighted by Gasteiger charge is 2.19. The Morgan fingerprint density at radius 3 is 1.50 bits per heavy atom. The molecule has 1 aliphatic heterocycles. The number of epoxide rings is 1. The average molecular weight is 429 g/mol. The van der Waals surface area contributed by atoms with Crippen molar-refractivity contribution in [3.63, 3.8) is 0 Å². The third kappa shape index (κ3) is 14.7. The third-order valence-corrected chi connectivity index (χ3v) is 3.65. The fourth-order valence-electron chi connectivity index (χ4n) is 1.74. The lowest BCUT2D eigenvalue weighted by atomic mass is 10.2. The summed E-state index contributed by atoms with van der Waals surface area (Å²) in [5.74, 6) is 0.388. The molecule has 3 aromatic carbocycles. The van der Waals surface area contributed by atoms with Crippen LogP contribution in [0.3, 0.4) is 0 Å². The predicted molar refractivity (Wildman–Crippen MR) is 120 cm³/mol. The summed E-state index contributed by atoms with van der Waals surface area (Å²) in [5, 5.41) is 25.6. The Morgan fingerprint density at radius 1 is 0.867 bits per heavy atom. The number of carboxylic acids is 1. The number of para-hydroxylation sites is 2. The van der Waals surface area contributed by atoms with Crippen molar-refractivity contribution in [2.45, 2.75) is 6.10 Å². The Hall–Kier alpha value is -3.28. The number of halogens is 1. The van der Waals surface area contributed by atoms with E-state index in [0.717, 1.165) is 18.2 Å². The van der Waals surface area contributed by atoms with Crippen molar-refractivity contribution in [1.82, 2.24) is 0 Å². The van der Waals surface area contributed by atoms with Crippen LogP contribution in [0.15, 0.2) is 97.1 Å². The lowest BCUT2D eigenvalue weighted by molar-refractivity contribution is -0.131. The van der Waals surface area contributed by atoms with Crippen LogP contribution in [-0.2, 0) is 9.53 Å². The summed E-state index contributed by atoms with van der Waals surface area (Å²) >= 11 is 5.27. The molecular formula is C24H25ClO5. The molecular weight excluding hydrogens is 404 g/mol. The van der Waals surface area contributed by atoms with E-state index in [1.165, 1.54) is 0 Å². The average Bonchev–Trinajstić information content (AvgIpc) is 3.60. The lowest BCUT2D eigenvalue weighted by Gasteiger charge is -1.87. The Balaban J connectivity index is 0.000000208. The second-order valence-corrected chi connectivity index (χ2v) is 6.17.